The van der Waals surface area contributed by atoms with E-state index < -0.39 is 0 Å². The van der Waals surface area contributed by atoms with Crippen LogP contribution in [0, 0.1) is 0 Å². The van der Waals surface area contributed by atoms with E-state index in [0.29, 0.717) is 0 Å². The zero-order valence-electron chi connectivity index (χ0n) is 11.6. The van der Waals surface area contributed by atoms with Gasteiger partial charge in [-0.2, -0.15) is 0 Å². The van der Waals surface area contributed by atoms with Crippen LogP contribution in [0.1, 0.15) is 44.4 Å². The molecule has 1 aromatic carbocycles. The minimum absolute atomic E-state index is 0.116. The van der Waals surface area contributed by atoms with Gasteiger partial charge in [-0.1, -0.05) is 45.0 Å². The predicted octanol–water partition coefficient (Wildman–Crippen LogP) is 3.71. The lowest BCUT2D eigenvalue weighted by atomic mass is 9.82. The number of ether oxygens (including phenoxy) is 2. The molecule has 0 saturated carbocycles. The van der Waals surface area contributed by atoms with Crippen LogP contribution in [-0.4, -0.2) is 20.8 Å². The predicted molar refractivity (Wildman–Crippen MR) is 71.4 cm³/mol. The second-order valence-electron chi connectivity index (χ2n) is 5.34. The van der Waals surface area contributed by atoms with Crippen molar-refractivity contribution in [2.45, 2.75) is 38.7 Å². The maximum absolute atomic E-state index is 5.59. The maximum Gasteiger partial charge on any atom is 0.0845 e. The SMILES string of the molecule is COCCC(OC)c1ccccc1C(C)(C)C. The summed E-state index contributed by atoms with van der Waals surface area (Å²) in [6.07, 6.45) is 1.01. The zero-order valence-corrected chi connectivity index (χ0v) is 11.6. The van der Waals surface area contributed by atoms with Crippen molar-refractivity contribution in [2.75, 3.05) is 20.8 Å². The summed E-state index contributed by atoms with van der Waals surface area (Å²) in [7, 11) is 3.49. The molecule has 1 atom stereocenters. The average Bonchev–Trinajstić information content (AvgIpc) is 2.29. The normalized spacial score (nSPS) is 13.7. The van der Waals surface area contributed by atoms with Gasteiger partial charge in [0, 0.05) is 27.2 Å². The van der Waals surface area contributed by atoms with Gasteiger partial charge < -0.3 is 9.47 Å². The highest BCUT2D eigenvalue weighted by Gasteiger charge is 2.22. The molecule has 0 spiro atoms. The van der Waals surface area contributed by atoms with Gasteiger partial charge >= 0.3 is 0 Å². The van der Waals surface area contributed by atoms with Gasteiger partial charge in [-0.3, -0.25) is 0 Å². The Labute approximate surface area is 105 Å². The van der Waals surface area contributed by atoms with Crippen LogP contribution >= 0.6 is 0 Å². The third kappa shape index (κ3) is 3.83. The summed E-state index contributed by atoms with van der Waals surface area (Å²) in [4.78, 5) is 0. The second-order valence-corrected chi connectivity index (χ2v) is 5.34. The summed E-state index contributed by atoms with van der Waals surface area (Å²) in [6.45, 7) is 7.41. The molecular weight excluding hydrogens is 212 g/mol. The van der Waals surface area contributed by atoms with Gasteiger partial charge in [-0.25, -0.2) is 0 Å². The van der Waals surface area contributed by atoms with Crippen LogP contribution < -0.4 is 0 Å². The Morgan fingerprint density at radius 1 is 1.12 bits per heavy atom. The summed E-state index contributed by atoms with van der Waals surface area (Å²) in [5.74, 6) is 0. The Morgan fingerprint density at radius 3 is 2.29 bits per heavy atom. The molecular formula is C15H24O2. The Hall–Kier alpha value is -0.860. The fraction of sp³-hybridized carbons (Fsp3) is 0.600. The topological polar surface area (TPSA) is 18.5 Å². The number of hydrogen-bond donors (Lipinski definition) is 0. The first-order valence-electron chi connectivity index (χ1n) is 6.12. The Bertz CT molecular complexity index is 339. The molecule has 2 nitrogen and oxygen atoms in total. The van der Waals surface area contributed by atoms with Gasteiger partial charge in [0.15, 0.2) is 0 Å². The molecule has 0 aliphatic rings. The van der Waals surface area contributed by atoms with E-state index in [4.69, 9.17) is 9.47 Å². The van der Waals surface area contributed by atoms with Crippen LogP contribution in [0.2, 0.25) is 0 Å². The molecule has 1 aromatic rings. The Morgan fingerprint density at radius 2 is 1.76 bits per heavy atom. The lowest BCUT2D eigenvalue weighted by molar-refractivity contribution is 0.0650. The van der Waals surface area contributed by atoms with E-state index in [2.05, 4.69) is 45.0 Å². The summed E-state index contributed by atoms with van der Waals surface area (Å²) < 4.78 is 10.7. The second kappa shape index (κ2) is 6.18. The fourth-order valence-corrected chi connectivity index (χ4v) is 2.09. The molecule has 2 heteroatoms. The van der Waals surface area contributed by atoms with E-state index in [9.17, 15) is 0 Å². The van der Waals surface area contributed by atoms with Crippen LogP contribution in [-0.2, 0) is 14.9 Å². The molecule has 0 aliphatic carbocycles. The molecule has 96 valence electrons. The molecule has 1 unspecified atom stereocenters. The first kappa shape index (κ1) is 14.2. The molecule has 0 amide bonds. The van der Waals surface area contributed by atoms with Crippen molar-refractivity contribution in [3.8, 4) is 0 Å². The van der Waals surface area contributed by atoms with Crippen molar-refractivity contribution in [1.82, 2.24) is 0 Å². The van der Waals surface area contributed by atoms with Gasteiger partial charge in [0.25, 0.3) is 0 Å². The molecule has 0 aromatic heterocycles. The molecule has 0 saturated heterocycles. The smallest absolute Gasteiger partial charge is 0.0845 e. The van der Waals surface area contributed by atoms with E-state index in [-0.39, 0.29) is 11.5 Å². The minimum Gasteiger partial charge on any atom is -0.385 e. The van der Waals surface area contributed by atoms with E-state index in [1.807, 2.05) is 0 Å². The van der Waals surface area contributed by atoms with Crippen molar-refractivity contribution < 1.29 is 9.47 Å². The Kier molecular flexibility index (Phi) is 5.16. The highest BCUT2D eigenvalue weighted by Crippen LogP contribution is 2.32. The maximum atomic E-state index is 5.59. The van der Waals surface area contributed by atoms with Crippen molar-refractivity contribution in [3.05, 3.63) is 35.4 Å². The summed E-state index contributed by atoms with van der Waals surface area (Å²) >= 11 is 0. The van der Waals surface area contributed by atoms with Crippen LogP contribution in [0.5, 0.6) is 0 Å². The monoisotopic (exact) mass is 236 g/mol. The molecule has 0 bridgehead atoms. The first-order chi connectivity index (χ1) is 8.00. The van der Waals surface area contributed by atoms with Crippen LogP contribution in [0.15, 0.2) is 24.3 Å². The molecule has 0 radical (unpaired) electrons. The van der Waals surface area contributed by atoms with Crippen LogP contribution in [0.4, 0.5) is 0 Å². The van der Waals surface area contributed by atoms with Crippen molar-refractivity contribution in [3.63, 3.8) is 0 Å². The Balaban J connectivity index is 3.02. The molecule has 1 rings (SSSR count). The number of rotatable bonds is 5. The van der Waals surface area contributed by atoms with Gasteiger partial charge in [0.1, 0.15) is 0 Å². The summed E-state index contributed by atoms with van der Waals surface area (Å²) in [5, 5.41) is 0. The summed E-state index contributed by atoms with van der Waals surface area (Å²) in [5.41, 5.74) is 2.77. The average molecular weight is 236 g/mol. The minimum atomic E-state index is 0.116. The number of methoxy groups -OCH3 is 2. The lowest BCUT2D eigenvalue weighted by Crippen LogP contribution is -2.17. The highest BCUT2D eigenvalue weighted by atomic mass is 16.5. The molecule has 0 fully saturated rings. The molecule has 0 aliphatic heterocycles. The fourth-order valence-electron chi connectivity index (χ4n) is 2.09. The van der Waals surface area contributed by atoms with Crippen LogP contribution in [0.3, 0.4) is 0 Å². The summed E-state index contributed by atoms with van der Waals surface area (Å²) in [6, 6.07) is 8.51. The lowest BCUT2D eigenvalue weighted by Gasteiger charge is -2.26. The largest absolute Gasteiger partial charge is 0.385 e. The zero-order chi connectivity index (χ0) is 12.9. The van der Waals surface area contributed by atoms with Gasteiger partial charge in [-0.05, 0) is 16.5 Å². The van der Waals surface area contributed by atoms with E-state index >= 15 is 0 Å². The van der Waals surface area contributed by atoms with Crippen molar-refractivity contribution in [2.24, 2.45) is 0 Å². The van der Waals surface area contributed by atoms with E-state index in [1.54, 1.807) is 14.2 Å². The first-order valence-corrected chi connectivity index (χ1v) is 6.12. The number of benzene rings is 1. The van der Waals surface area contributed by atoms with E-state index in [0.717, 1.165) is 13.0 Å². The standard InChI is InChI=1S/C15H24O2/c1-15(2,3)13-9-7-6-8-12(13)14(17-5)10-11-16-4/h6-9,14H,10-11H2,1-5H3. The third-order valence-corrected chi connectivity index (χ3v) is 2.98. The highest BCUT2D eigenvalue weighted by molar-refractivity contribution is 5.34. The molecule has 0 heterocycles. The number of hydrogen-bond acceptors (Lipinski definition) is 2. The van der Waals surface area contributed by atoms with Gasteiger partial charge in [0.05, 0.1) is 6.10 Å². The van der Waals surface area contributed by atoms with Crippen molar-refractivity contribution >= 4 is 0 Å². The van der Waals surface area contributed by atoms with Crippen molar-refractivity contribution in [1.29, 1.82) is 0 Å². The van der Waals surface area contributed by atoms with Crippen LogP contribution in [0.25, 0.3) is 0 Å². The molecule has 0 N–H and O–H groups in total. The molecule has 17 heavy (non-hydrogen) atoms. The van der Waals surface area contributed by atoms with Gasteiger partial charge in [0.2, 0.25) is 0 Å². The van der Waals surface area contributed by atoms with Gasteiger partial charge in [-0.15, -0.1) is 0 Å². The third-order valence-electron chi connectivity index (χ3n) is 2.98. The quantitative estimate of drug-likeness (QED) is 0.776. The van der Waals surface area contributed by atoms with E-state index in [1.165, 1.54) is 11.1 Å².